The molecule has 0 aliphatic carbocycles. The van der Waals surface area contributed by atoms with Crippen LogP contribution in [0.5, 0.6) is 17.4 Å². The lowest BCUT2D eigenvalue weighted by Crippen LogP contribution is -2.50. The molecular formula is C47H47F3N6O5. The Morgan fingerprint density at radius 2 is 1.54 bits per heavy atom. The Bertz CT molecular complexity index is 2720. The van der Waals surface area contributed by atoms with Crippen molar-refractivity contribution in [3.8, 4) is 28.6 Å². The number of ether oxygens (including phenoxy) is 4. The van der Waals surface area contributed by atoms with Crippen molar-refractivity contribution in [1.29, 1.82) is 0 Å². The molecule has 0 spiro atoms. The van der Waals surface area contributed by atoms with Crippen molar-refractivity contribution in [3.63, 3.8) is 0 Å². The number of carbonyl (C=O) groups is 1. The SMILES string of the molecule is CCOc1nc2cc(N3CCN(C(=O)OC(C)(C)C)CC3)ccc2c2c1c(-c1ccc(OCc3ccccc3)c(C(F)(F)F)c1)nc1c2c(C)nn1Cc1ccc(OC)cc1. The number of hydrogen-bond acceptors (Lipinski definition) is 9. The summed E-state index contributed by atoms with van der Waals surface area (Å²) in [6.45, 7) is 12.0. The van der Waals surface area contributed by atoms with Gasteiger partial charge >= 0.3 is 12.3 Å². The molecule has 1 saturated heterocycles. The largest absolute Gasteiger partial charge is 0.497 e. The fourth-order valence-electron chi connectivity index (χ4n) is 7.74. The molecule has 0 unspecified atom stereocenters. The maximum Gasteiger partial charge on any atom is 0.419 e. The van der Waals surface area contributed by atoms with E-state index < -0.39 is 17.3 Å². The Kier molecular flexibility index (Phi) is 11.1. The van der Waals surface area contributed by atoms with Crippen molar-refractivity contribution >= 4 is 44.5 Å². The van der Waals surface area contributed by atoms with E-state index in [4.69, 9.17) is 34.0 Å². The third-order valence-electron chi connectivity index (χ3n) is 10.6. The number of aromatic nitrogens is 4. The van der Waals surface area contributed by atoms with Gasteiger partial charge in [0.2, 0.25) is 5.88 Å². The predicted molar refractivity (Wildman–Crippen MR) is 230 cm³/mol. The van der Waals surface area contributed by atoms with E-state index in [-0.39, 0.29) is 42.2 Å². The van der Waals surface area contributed by atoms with Gasteiger partial charge in [0.25, 0.3) is 0 Å². The summed E-state index contributed by atoms with van der Waals surface area (Å²) in [5.41, 5.74) is 3.34. The number of alkyl halides is 3. The summed E-state index contributed by atoms with van der Waals surface area (Å²) in [4.78, 5) is 26.9. The lowest BCUT2D eigenvalue weighted by Gasteiger charge is -2.36. The van der Waals surface area contributed by atoms with E-state index >= 15 is 0 Å². The standard InChI is InChI=1S/C47H47F3N6O5/c1-7-59-44-41-40(35-19-16-33(26-37(35)51-44)54-21-23-55(24-22-54)45(57)61-46(3,4)5)39-29(2)53-56(27-30-13-17-34(58-6)18-14-30)43(39)52-42(41)32-15-20-38(36(25-32)47(48,49)50)60-28-31-11-9-8-10-12-31/h8-20,25-26H,7,21-24,27-28H2,1-6H3. The van der Waals surface area contributed by atoms with Crippen molar-refractivity contribution in [3.05, 3.63) is 113 Å². The van der Waals surface area contributed by atoms with Crippen LogP contribution in [-0.4, -0.2) is 76.2 Å². The van der Waals surface area contributed by atoms with E-state index in [9.17, 15) is 18.0 Å². The minimum Gasteiger partial charge on any atom is -0.497 e. The zero-order valence-corrected chi connectivity index (χ0v) is 35.0. The number of piperazine rings is 1. The van der Waals surface area contributed by atoms with Crippen LogP contribution in [0.15, 0.2) is 91.0 Å². The molecule has 4 heterocycles. The molecule has 0 N–H and O–H groups in total. The molecule has 1 aliphatic rings. The van der Waals surface area contributed by atoms with Crippen molar-refractivity contribution in [2.45, 2.75) is 59.5 Å². The van der Waals surface area contributed by atoms with Crippen LogP contribution in [0.1, 0.15) is 50.1 Å². The van der Waals surface area contributed by atoms with Crippen LogP contribution in [0.4, 0.5) is 23.7 Å². The summed E-state index contributed by atoms with van der Waals surface area (Å²) >= 11 is 0. The van der Waals surface area contributed by atoms with Gasteiger partial charge in [-0.2, -0.15) is 18.3 Å². The number of fused-ring (bicyclic) bond motifs is 5. The summed E-state index contributed by atoms with van der Waals surface area (Å²) in [6, 6.07) is 26.7. The van der Waals surface area contributed by atoms with Crippen LogP contribution < -0.4 is 19.1 Å². The maximum absolute atomic E-state index is 14.9. The quantitative estimate of drug-likeness (QED) is 0.125. The minimum absolute atomic E-state index is 0.0357. The Morgan fingerprint density at radius 1 is 0.803 bits per heavy atom. The molecule has 0 radical (unpaired) electrons. The highest BCUT2D eigenvalue weighted by atomic mass is 19.4. The average molecular weight is 833 g/mol. The second kappa shape index (κ2) is 16.5. The number of rotatable bonds is 10. The Labute approximate surface area is 351 Å². The lowest BCUT2D eigenvalue weighted by atomic mass is 9.97. The molecule has 1 aliphatic heterocycles. The van der Waals surface area contributed by atoms with Gasteiger partial charge in [-0.25, -0.2) is 19.4 Å². The fraction of sp³-hybridized carbons (Fsp3) is 0.319. The van der Waals surface area contributed by atoms with Crippen molar-refractivity contribution < 1.29 is 36.9 Å². The molecule has 316 valence electrons. The van der Waals surface area contributed by atoms with Crippen LogP contribution in [0, 0.1) is 6.92 Å². The van der Waals surface area contributed by atoms with Gasteiger partial charge in [0.1, 0.15) is 23.7 Å². The van der Waals surface area contributed by atoms with Gasteiger partial charge in [0, 0.05) is 48.2 Å². The van der Waals surface area contributed by atoms with Crippen LogP contribution in [-0.2, 0) is 24.1 Å². The second-order valence-electron chi connectivity index (χ2n) is 16.0. The van der Waals surface area contributed by atoms with Gasteiger partial charge in [0.05, 0.1) is 53.5 Å². The van der Waals surface area contributed by atoms with Gasteiger partial charge in [-0.1, -0.05) is 48.5 Å². The smallest absolute Gasteiger partial charge is 0.419 e. The molecule has 1 amide bonds. The Hall–Kier alpha value is -6.57. The number of nitrogens with zero attached hydrogens (tertiary/aromatic N) is 6. The lowest BCUT2D eigenvalue weighted by molar-refractivity contribution is -0.139. The normalized spacial score (nSPS) is 13.6. The number of carbonyl (C=O) groups excluding carboxylic acids is 1. The van der Waals surface area contributed by atoms with Gasteiger partial charge in [-0.3, -0.25) is 0 Å². The van der Waals surface area contributed by atoms with Gasteiger partial charge in [0.15, 0.2) is 5.65 Å². The summed E-state index contributed by atoms with van der Waals surface area (Å²) in [5, 5.41) is 7.64. The second-order valence-corrected chi connectivity index (χ2v) is 16.0. The minimum atomic E-state index is -4.74. The molecular weight excluding hydrogens is 786 g/mol. The average Bonchev–Trinajstić information content (AvgIpc) is 3.55. The third-order valence-corrected chi connectivity index (χ3v) is 10.6. The van der Waals surface area contributed by atoms with Gasteiger partial charge < -0.3 is 28.7 Å². The van der Waals surface area contributed by atoms with Crippen LogP contribution >= 0.6 is 0 Å². The Morgan fingerprint density at radius 3 is 2.21 bits per heavy atom. The highest BCUT2D eigenvalue weighted by molar-refractivity contribution is 6.23. The van der Waals surface area contributed by atoms with Crippen LogP contribution in [0.25, 0.3) is 44.0 Å². The fourth-order valence-corrected chi connectivity index (χ4v) is 7.74. The first-order chi connectivity index (χ1) is 29.2. The zero-order valence-electron chi connectivity index (χ0n) is 35.0. The number of anilines is 1. The molecule has 1 fully saturated rings. The number of hydrogen-bond donors (Lipinski definition) is 0. The molecule has 7 aromatic rings. The molecule has 0 atom stereocenters. The molecule has 11 nitrogen and oxygen atoms in total. The first kappa shape index (κ1) is 41.2. The summed E-state index contributed by atoms with van der Waals surface area (Å²) < 4.78 is 69.6. The van der Waals surface area contributed by atoms with E-state index in [1.807, 2.05) is 95.3 Å². The van der Waals surface area contributed by atoms with Gasteiger partial charge in [-0.15, -0.1) is 0 Å². The molecule has 3 aromatic heterocycles. The van der Waals surface area contributed by atoms with Crippen LogP contribution in [0.3, 0.4) is 0 Å². The first-order valence-electron chi connectivity index (χ1n) is 20.2. The van der Waals surface area contributed by atoms with E-state index in [0.29, 0.717) is 66.1 Å². The van der Waals surface area contributed by atoms with Crippen molar-refractivity contribution in [2.75, 3.05) is 44.8 Å². The number of amides is 1. The number of pyridine rings is 2. The number of benzene rings is 4. The summed E-state index contributed by atoms with van der Waals surface area (Å²) in [5.74, 6) is 0.653. The monoisotopic (exact) mass is 832 g/mol. The summed E-state index contributed by atoms with van der Waals surface area (Å²) in [6.07, 6.45) is -5.08. The summed E-state index contributed by atoms with van der Waals surface area (Å²) in [7, 11) is 1.60. The van der Waals surface area contributed by atoms with Crippen molar-refractivity contribution in [2.24, 2.45) is 0 Å². The topological polar surface area (TPSA) is 104 Å². The maximum atomic E-state index is 14.9. The molecule has 0 bridgehead atoms. The Balaban J connectivity index is 1.29. The molecule has 4 aromatic carbocycles. The molecule has 61 heavy (non-hydrogen) atoms. The number of aryl methyl sites for hydroxylation is 1. The molecule has 0 saturated carbocycles. The van der Waals surface area contributed by atoms with Crippen molar-refractivity contribution in [1.82, 2.24) is 24.6 Å². The van der Waals surface area contributed by atoms with E-state index in [1.54, 1.807) is 34.9 Å². The number of methoxy groups -OCH3 is 1. The molecule has 8 rings (SSSR count). The van der Waals surface area contributed by atoms with E-state index in [1.165, 1.54) is 6.07 Å². The first-order valence-corrected chi connectivity index (χ1v) is 20.2. The highest BCUT2D eigenvalue weighted by Gasteiger charge is 2.36. The molecule has 14 heteroatoms. The van der Waals surface area contributed by atoms with Crippen LogP contribution in [0.2, 0.25) is 0 Å². The van der Waals surface area contributed by atoms with Gasteiger partial charge in [-0.05, 0) is 88.2 Å². The zero-order chi connectivity index (χ0) is 43.1. The van der Waals surface area contributed by atoms with E-state index in [0.717, 1.165) is 33.7 Å². The predicted octanol–water partition coefficient (Wildman–Crippen LogP) is 10.2. The highest BCUT2D eigenvalue weighted by Crippen LogP contribution is 2.45. The third kappa shape index (κ3) is 8.57. The van der Waals surface area contributed by atoms with E-state index in [2.05, 4.69) is 4.90 Å². The number of halogens is 3.